The van der Waals surface area contributed by atoms with E-state index in [-0.39, 0.29) is 17.9 Å². The second kappa shape index (κ2) is 6.30. The summed E-state index contributed by atoms with van der Waals surface area (Å²) >= 11 is 5.89. The number of carbonyl (C=O) groups is 1. The van der Waals surface area contributed by atoms with Crippen molar-refractivity contribution in [3.8, 4) is 11.5 Å². The molecule has 5 heteroatoms. The third kappa shape index (κ3) is 3.22. The first-order valence-corrected chi connectivity index (χ1v) is 6.48. The van der Waals surface area contributed by atoms with Crippen LogP contribution in [0.15, 0.2) is 42.5 Å². The Morgan fingerprint density at radius 1 is 1.25 bits per heavy atom. The van der Waals surface area contributed by atoms with E-state index in [0.29, 0.717) is 16.5 Å². The lowest BCUT2D eigenvalue weighted by Gasteiger charge is -2.11. The summed E-state index contributed by atoms with van der Waals surface area (Å²) in [4.78, 5) is 11.7. The fraction of sp³-hybridized carbons (Fsp3) is 0.133. The third-order valence-electron chi connectivity index (χ3n) is 2.59. The van der Waals surface area contributed by atoms with Gasteiger partial charge in [-0.3, -0.25) is 0 Å². The molecule has 0 radical (unpaired) electrons. The zero-order chi connectivity index (χ0) is 14.5. The van der Waals surface area contributed by atoms with Crippen molar-refractivity contribution in [2.45, 2.75) is 6.92 Å². The number of rotatable bonds is 4. The van der Waals surface area contributed by atoms with Crippen molar-refractivity contribution in [3.05, 3.63) is 53.1 Å². The first-order chi connectivity index (χ1) is 9.61. The molecule has 0 amide bonds. The molecule has 0 aliphatic rings. The molecule has 20 heavy (non-hydrogen) atoms. The van der Waals surface area contributed by atoms with Crippen molar-refractivity contribution < 1.29 is 14.3 Å². The molecule has 0 aromatic heterocycles. The van der Waals surface area contributed by atoms with E-state index < -0.39 is 5.97 Å². The predicted octanol–water partition coefficient (Wildman–Crippen LogP) is 3.89. The smallest absolute Gasteiger partial charge is 0.340 e. The minimum Gasteiger partial charge on any atom is -0.462 e. The standard InChI is InChI=1S/C15H14ClNO3/c1-2-19-15(18)12-7-4-8-13(14(12)17)20-11-6-3-5-10(16)9-11/h3-9H,2,17H2,1H3. The van der Waals surface area contributed by atoms with Gasteiger partial charge in [-0.15, -0.1) is 0 Å². The number of esters is 1. The molecule has 104 valence electrons. The van der Waals surface area contributed by atoms with Crippen LogP contribution in [0.25, 0.3) is 0 Å². The molecule has 2 N–H and O–H groups in total. The van der Waals surface area contributed by atoms with Crippen LogP contribution in [0.3, 0.4) is 0 Å². The lowest BCUT2D eigenvalue weighted by atomic mass is 10.1. The Kier molecular flexibility index (Phi) is 4.48. The Balaban J connectivity index is 2.29. The van der Waals surface area contributed by atoms with Gasteiger partial charge in [0.2, 0.25) is 0 Å². The highest BCUT2D eigenvalue weighted by Gasteiger charge is 2.14. The predicted molar refractivity (Wildman–Crippen MR) is 78.3 cm³/mol. The van der Waals surface area contributed by atoms with Crippen molar-refractivity contribution in [2.75, 3.05) is 12.3 Å². The minimum atomic E-state index is -0.471. The zero-order valence-electron chi connectivity index (χ0n) is 10.9. The molecule has 2 rings (SSSR count). The van der Waals surface area contributed by atoms with Gasteiger partial charge >= 0.3 is 5.97 Å². The highest BCUT2D eigenvalue weighted by Crippen LogP contribution is 2.31. The molecule has 0 saturated heterocycles. The molecule has 2 aromatic rings. The van der Waals surface area contributed by atoms with Gasteiger partial charge in [0.1, 0.15) is 5.75 Å². The molecule has 0 atom stereocenters. The molecular formula is C15H14ClNO3. The first kappa shape index (κ1) is 14.2. The Hall–Kier alpha value is -2.20. The van der Waals surface area contributed by atoms with Crippen molar-refractivity contribution in [1.82, 2.24) is 0 Å². The van der Waals surface area contributed by atoms with Gasteiger partial charge in [-0.25, -0.2) is 4.79 Å². The fourth-order valence-corrected chi connectivity index (χ4v) is 1.86. The van der Waals surface area contributed by atoms with Gasteiger partial charge in [-0.2, -0.15) is 0 Å². The van der Waals surface area contributed by atoms with Gasteiger partial charge < -0.3 is 15.2 Å². The molecule has 4 nitrogen and oxygen atoms in total. The summed E-state index contributed by atoms with van der Waals surface area (Å²) in [6.07, 6.45) is 0. The van der Waals surface area contributed by atoms with Crippen molar-refractivity contribution in [3.63, 3.8) is 0 Å². The topological polar surface area (TPSA) is 61.5 Å². The third-order valence-corrected chi connectivity index (χ3v) is 2.82. The van der Waals surface area contributed by atoms with E-state index in [2.05, 4.69) is 0 Å². The number of halogens is 1. The largest absolute Gasteiger partial charge is 0.462 e. The van der Waals surface area contributed by atoms with Crippen LogP contribution in [-0.2, 0) is 4.74 Å². The highest BCUT2D eigenvalue weighted by atomic mass is 35.5. The van der Waals surface area contributed by atoms with Gasteiger partial charge in [-0.05, 0) is 37.3 Å². The quantitative estimate of drug-likeness (QED) is 0.686. The summed E-state index contributed by atoms with van der Waals surface area (Å²) in [5.74, 6) is 0.463. The molecule has 0 saturated carbocycles. The number of hydrogen-bond acceptors (Lipinski definition) is 4. The van der Waals surface area contributed by atoms with Crippen LogP contribution in [0.2, 0.25) is 5.02 Å². The number of benzene rings is 2. The summed E-state index contributed by atoms with van der Waals surface area (Å²) in [5, 5.41) is 0.558. The molecule has 0 heterocycles. The lowest BCUT2D eigenvalue weighted by molar-refractivity contribution is 0.0527. The Bertz CT molecular complexity index is 628. The van der Waals surface area contributed by atoms with E-state index >= 15 is 0 Å². The van der Waals surface area contributed by atoms with Gasteiger partial charge in [-0.1, -0.05) is 23.7 Å². The van der Waals surface area contributed by atoms with Gasteiger partial charge in [0.25, 0.3) is 0 Å². The van der Waals surface area contributed by atoms with Crippen LogP contribution in [0.5, 0.6) is 11.5 Å². The summed E-state index contributed by atoms with van der Waals surface area (Å²) in [6, 6.07) is 11.9. The molecule has 0 bridgehead atoms. The Morgan fingerprint density at radius 3 is 2.70 bits per heavy atom. The van der Waals surface area contributed by atoms with Crippen LogP contribution in [0, 0.1) is 0 Å². The average molecular weight is 292 g/mol. The van der Waals surface area contributed by atoms with Crippen LogP contribution in [-0.4, -0.2) is 12.6 Å². The summed E-state index contributed by atoms with van der Waals surface area (Å²) < 4.78 is 10.6. The van der Waals surface area contributed by atoms with Crippen molar-refractivity contribution in [1.29, 1.82) is 0 Å². The fourth-order valence-electron chi connectivity index (χ4n) is 1.68. The second-order valence-electron chi connectivity index (χ2n) is 4.00. The average Bonchev–Trinajstić information content (AvgIpc) is 2.41. The number of nitrogen functional groups attached to an aromatic ring is 1. The Labute approximate surface area is 122 Å². The second-order valence-corrected chi connectivity index (χ2v) is 4.43. The van der Waals surface area contributed by atoms with Gasteiger partial charge in [0.15, 0.2) is 5.75 Å². The highest BCUT2D eigenvalue weighted by molar-refractivity contribution is 6.30. The summed E-state index contributed by atoms with van der Waals surface area (Å²) in [7, 11) is 0. The first-order valence-electron chi connectivity index (χ1n) is 6.11. The maximum Gasteiger partial charge on any atom is 0.340 e. The number of para-hydroxylation sites is 1. The van der Waals surface area contributed by atoms with Crippen molar-refractivity contribution in [2.24, 2.45) is 0 Å². The maximum atomic E-state index is 11.7. The zero-order valence-corrected chi connectivity index (χ0v) is 11.7. The minimum absolute atomic E-state index is 0.242. The number of nitrogens with two attached hydrogens (primary N) is 1. The molecule has 0 unspecified atom stereocenters. The van der Waals surface area contributed by atoms with Gasteiger partial charge in [0.05, 0.1) is 17.9 Å². The number of ether oxygens (including phenoxy) is 2. The van der Waals surface area contributed by atoms with E-state index in [1.54, 1.807) is 49.4 Å². The molecule has 2 aromatic carbocycles. The van der Waals surface area contributed by atoms with Crippen LogP contribution in [0.1, 0.15) is 17.3 Å². The van der Waals surface area contributed by atoms with Crippen LogP contribution in [0.4, 0.5) is 5.69 Å². The molecule has 0 spiro atoms. The summed E-state index contributed by atoms with van der Waals surface area (Å²) in [6.45, 7) is 2.03. The summed E-state index contributed by atoms with van der Waals surface area (Å²) in [5.41, 5.74) is 6.47. The number of anilines is 1. The van der Waals surface area contributed by atoms with Crippen molar-refractivity contribution >= 4 is 23.3 Å². The molecule has 0 aliphatic heterocycles. The van der Waals surface area contributed by atoms with E-state index in [9.17, 15) is 4.79 Å². The van der Waals surface area contributed by atoms with E-state index in [1.165, 1.54) is 0 Å². The number of hydrogen-bond donors (Lipinski definition) is 1. The maximum absolute atomic E-state index is 11.7. The Morgan fingerprint density at radius 2 is 2.00 bits per heavy atom. The SMILES string of the molecule is CCOC(=O)c1cccc(Oc2cccc(Cl)c2)c1N. The normalized spacial score (nSPS) is 10.1. The molecule has 0 aliphatic carbocycles. The van der Waals surface area contributed by atoms with Crippen LogP contribution >= 0.6 is 11.6 Å². The van der Waals surface area contributed by atoms with E-state index in [4.69, 9.17) is 26.8 Å². The van der Waals surface area contributed by atoms with Crippen LogP contribution < -0.4 is 10.5 Å². The van der Waals surface area contributed by atoms with E-state index in [0.717, 1.165) is 0 Å². The molecular weight excluding hydrogens is 278 g/mol. The number of carbonyl (C=O) groups excluding carboxylic acids is 1. The molecule has 0 fully saturated rings. The van der Waals surface area contributed by atoms with E-state index in [1.807, 2.05) is 0 Å². The van der Waals surface area contributed by atoms with Gasteiger partial charge in [0, 0.05) is 5.02 Å². The lowest BCUT2D eigenvalue weighted by Crippen LogP contribution is -2.08. The monoisotopic (exact) mass is 291 g/mol.